The molecule has 2 aromatic carbocycles. The molecule has 0 aliphatic rings. The minimum atomic E-state index is -1.15. The lowest BCUT2D eigenvalue weighted by atomic mass is 10.1. The highest BCUT2D eigenvalue weighted by molar-refractivity contribution is 7.09. The summed E-state index contributed by atoms with van der Waals surface area (Å²) in [6.07, 6.45) is 0. The number of nitrogens with zero attached hydrogens (tertiary/aromatic N) is 1. The molecule has 0 unspecified atom stereocenters. The number of halogens is 2. The lowest BCUT2D eigenvalue weighted by Crippen LogP contribution is -2.15. The van der Waals surface area contributed by atoms with Gasteiger partial charge >= 0.3 is 5.97 Å². The third-order valence-electron chi connectivity index (χ3n) is 3.73. The molecule has 0 radical (unpaired) electrons. The third-order valence-corrected chi connectivity index (χ3v) is 4.55. The SMILES string of the molecule is Cc1nc(COc2ccccc2C(=O)OCC(=O)c2ccc(F)c(F)c2)cs1. The number of para-hydroxylation sites is 1. The van der Waals surface area contributed by atoms with Crippen LogP contribution < -0.4 is 4.74 Å². The summed E-state index contributed by atoms with van der Waals surface area (Å²) in [6, 6.07) is 9.17. The quantitative estimate of drug-likeness (QED) is 0.434. The number of esters is 1. The van der Waals surface area contributed by atoms with Crippen LogP contribution in [0.25, 0.3) is 0 Å². The summed E-state index contributed by atoms with van der Waals surface area (Å²) in [5, 5.41) is 2.76. The van der Waals surface area contributed by atoms with E-state index >= 15 is 0 Å². The zero-order valence-electron chi connectivity index (χ0n) is 14.8. The van der Waals surface area contributed by atoms with Crippen molar-refractivity contribution >= 4 is 23.1 Å². The van der Waals surface area contributed by atoms with Crippen LogP contribution in [0.4, 0.5) is 8.78 Å². The van der Waals surface area contributed by atoms with Gasteiger partial charge in [0.05, 0.1) is 10.7 Å². The maximum atomic E-state index is 13.2. The maximum Gasteiger partial charge on any atom is 0.342 e. The first-order valence-corrected chi connectivity index (χ1v) is 9.10. The Morgan fingerprint density at radius 1 is 1.11 bits per heavy atom. The van der Waals surface area contributed by atoms with Crippen LogP contribution in [0.5, 0.6) is 5.75 Å². The number of thiazole rings is 1. The van der Waals surface area contributed by atoms with Gasteiger partial charge in [-0.2, -0.15) is 0 Å². The Bertz CT molecular complexity index is 1020. The number of aromatic nitrogens is 1. The summed E-state index contributed by atoms with van der Waals surface area (Å²) in [5.41, 5.74) is 0.793. The van der Waals surface area contributed by atoms with Gasteiger partial charge in [0.1, 0.15) is 17.9 Å². The molecule has 0 atom stereocenters. The van der Waals surface area contributed by atoms with Crippen LogP contribution in [0.3, 0.4) is 0 Å². The summed E-state index contributed by atoms with van der Waals surface area (Å²) in [5.74, 6) is -3.33. The summed E-state index contributed by atoms with van der Waals surface area (Å²) in [7, 11) is 0. The number of benzene rings is 2. The van der Waals surface area contributed by atoms with E-state index in [1.54, 1.807) is 18.2 Å². The van der Waals surface area contributed by atoms with Crippen LogP contribution >= 0.6 is 11.3 Å². The smallest absolute Gasteiger partial charge is 0.342 e. The van der Waals surface area contributed by atoms with Gasteiger partial charge in [0, 0.05) is 10.9 Å². The van der Waals surface area contributed by atoms with E-state index in [2.05, 4.69) is 4.98 Å². The number of carbonyl (C=O) groups is 2. The summed E-state index contributed by atoms with van der Waals surface area (Å²) in [6.45, 7) is 1.45. The number of hydrogen-bond acceptors (Lipinski definition) is 6. The van der Waals surface area contributed by atoms with E-state index in [-0.39, 0.29) is 17.7 Å². The molecular weight excluding hydrogens is 388 g/mol. The van der Waals surface area contributed by atoms with Crippen molar-refractivity contribution in [1.82, 2.24) is 4.98 Å². The van der Waals surface area contributed by atoms with Crippen molar-refractivity contribution in [3.05, 3.63) is 81.3 Å². The molecular formula is C20H15F2NO4S. The van der Waals surface area contributed by atoms with Crippen molar-refractivity contribution < 1.29 is 27.8 Å². The molecule has 3 rings (SSSR count). The average molecular weight is 403 g/mol. The maximum absolute atomic E-state index is 13.2. The van der Waals surface area contributed by atoms with E-state index in [0.29, 0.717) is 5.75 Å². The first kappa shape index (κ1) is 19.6. The van der Waals surface area contributed by atoms with Crippen LogP contribution in [0.2, 0.25) is 0 Å². The predicted molar refractivity (Wildman–Crippen MR) is 98.6 cm³/mol. The van der Waals surface area contributed by atoms with Gasteiger partial charge in [-0.1, -0.05) is 12.1 Å². The number of ketones is 1. The zero-order chi connectivity index (χ0) is 20.1. The molecule has 144 valence electrons. The topological polar surface area (TPSA) is 65.5 Å². The molecule has 0 saturated heterocycles. The highest BCUT2D eigenvalue weighted by Crippen LogP contribution is 2.21. The lowest BCUT2D eigenvalue weighted by Gasteiger charge is -2.10. The second kappa shape index (κ2) is 8.71. The zero-order valence-corrected chi connectivity index (χ0v) is 15.6. The lowest BCUT2D eigenvalue weighted by molar-refractivity contribution is 0.0470. The summed E-state index contributed by atoms with van der Waals surface area (Å²) in [4.78, 5) is 28.7. The van der Waals surface area contributed by atoms with E-state index in [4.69, 9.17) is 9.47 Å². The van der Waals surface area contributed by atoms with Crippen molar-refractivity contribution in [3.8, 4) is 5.75 Å². The Kier molecular flexibility index (Phi) is 6.10. The molecule has 0 saturated carbocycles. The summed E-state index contributed by atoms with van der Waals surface area (Å²) < 4.78 is 36.8. The Labute approximate surface area is 163 Å². The van der Waals surface area contributed by atoms with Gasteiger partial charge in [0.15, 0.2) is 24.0 Å². The molecule has 3 aromatic rings. The van der Waals surface area contributed by atoms with E-state index < -0.39 is 30.0 Å². The first-order chi connectivity index (χ1) is 13.4. The first-order valence-electron chi connectivity index (χ1n) is 8.22. The molecule has 0 aliphatic carbocycles. The van der Waals surface area contributed by atoms with Crippen molar-refractivity contribution in [1.29, 1.82) is 0 Å². The second-order valence-corrected chi connectivity index (χ2v) is 6.83. The standard InChI is InChI=1S/C20H15F2NO4S/c1-12-23-14(11-28-12)9-26-19-5-3-2-4-15(19)20(25)27-10-18(24)13-6-7-16(21)17(22)8-13/h2-8,11H,9-10H2,1H3. The largest absolute Gasteiger partial charge is 0.486 e. The molecule has 0 aliphatic heterocycles. The van der Waals surface area contributed by atoms with Crippen LogP contribution in [0.1, 0.15) is 31.4 Å². The summed E-state index contributed by atoms with van der Waals surface area (Å²) >= 11 is 1.49. The van der Waals surface area contributed by atoms with Gasteiger partial charge in [-0.3, -0.25) is 4.79 Å². The molecule has 0 bridgehead atoms. The number of ether oxygens (including phenoxy) is 2. The average Bonchev–Trinajstić information content (AvgIpc) is 3.11. The molecule has 1 heterocycles. The van der Waals surface area contributed by atoms with Gasteiger partial charge < -0.3 is 9.47 Å². The molecule has 28 heavy (non-hydrogen) atoms. The predicted octanol–water partition coefficient (Wildman–Crippen LogP) is 4.35. The minimum Gasteiger partial charge on any atom is -0.486 e. The molecule has 0 spiro atoms. The van der Waals surface area contributed by atoms with Crippen molar-refractivity contribution in [2.75, 3.05) is 6.61 Å². The number of Topliss-reactive ketones (excluding diaryl/α,β-unsaturated/α-hetero) is 1. The van der Waals surface area contributed by atoms with Gasteiger partial charge in [-0.25, -0.2) is 18.6 Å². The number of aryl methyl sites for hydroxylation is 1. The highest BCUT2D eigenvalue weighted by Gasteiger charge is 2.17. The third kappa shape index (κ3) is 4.77. The molecule has 0 amide bonds. The number of hydrogen-bond donors (Lipinski definition) is 0. The van der Waals surface area contributed by atoms with Gasteiger partial charge in [-0.05, 0) is 37.3 Å². The van der Waals surface area contributed by atoms with Crippen molar-refractivity contribution in [3.63, 3.8) is 0 Å². The monoisotopic (exact) mass is 403 g/mol. The van der Waals surface area contributed by atoms with Crippen molar-refractivity contribution in [2.45, 2.75) is 13.5 Å². The van der Waals surface area contributed by atoms with Crippen LogP contribution in [0, 0.1) is 18.6 Å². The fourth-order valence-electron chi connectivity index (χ4n) is 2.35. The Morgan fingerprint density at radius 3 is 2.61 bits per heavy atom. The van der Waals surface area contributed by atoms with Crippen LogP contribution in [-0.2, 0) is 11.3 Å². The molecule has 0 fully saturated rings. The fraction of sp³-hybridized carbons (Fsp3) is 0.150. The Hall–Kier alpha value is -3.13. The fourth-order valence-corrected chi connectivity index (χ4v) is 2.95. The van der Waals surface area contributed by atoms with E-state index in [1.165, 1.54) is 17.4 Å². The molecule has 5 nitrogen and oxygen atoms in total. The van der Waals surface area contributed by atoms with Crippen LogP contribution in [0.15, 0.2) is 47.8 Å². The molecule has 1 aromatic heterocycles. The van der Waals surface area contributed by atoms with E-state index in [1.807, 2.05) is 12.3 Å². The Balaban J connectivity index is 1.63. The molecule has 8 heteroatoms. The number of carbonyl (C=O) groups excluding carboxylic acids is 2. The number of rotatable bonds is 7. The van der Waals surface area contributed by atoms with Gasteiger partial charge in [-0.15, -0.1) is 11.3 Å². The second-order valence-electron chi connectivity index (χ2n) is 5.77. The van der Waals surface area contributed by atoms with E-state index in [9.17, 15) is 18.4 Å². The van der Waals surface area contributed by atoms with Gasteiger partial charge in [0.2, 0.25) is 0 Å². The minimum absolute atomic E-state index is 0.0878. The highest BCUT2D eigenvalue weighted by atomic mass is 32.1. The van der Waals surface area contributed by atoms with Crippen molar-refractivity contribution in [2.24, 2.45) is 0 Å². The van der Waals surface area contributed by atoms with Gasteiger partial charge in [0.25, 0.3) is 0 Å². The van der Waals surface area contributed by atoms with Crippen LogP contribution in [-0.4, -0.2) is 23.3 Å². The normalized spacial score (nSPS) is 10.5. The molecule has 0 N–H and O–H groups in total. The van der Waals surface area contributed by atoms with E-state index in [0.717, 1.165) is 28.9 Å². The Morgan fingerprint density at radius 2 is 1.89 bits per heavy atom.